The fourth-order valence-electron chi connectivity index (χ4n) is 6.43. The number of hydrogen-bond acceptors (Lipinski definition) is 2. The van der Waals surface area contributed by atoms with Crippen LogP contribution in [0.5, 0.6) is 0 Å². The van der Waals surface area contributed by atoms with Gasteiger partial charge in [0, 0.05) is 11.8 Å². The minimum atomic E-state index is -0.567. The van der Waals surface area contributed by atoms with E-state index in [9.17, 15) is 9.90 Å². The summed E-state index contributed by atoms with van der Waals surface area (Å²) < 4.78 is 0. The Balaban J connectivity index is 1.97. The lowest BCUT2D eigenvalue weighted by atomic mass is 9.42. The SMILES string of the molecule is C=C[C@]1(C)CC[C@@H]2[C@](O)(CC[C@@H]3C(C)(C)C(=O)CC[C@]32C)C1. The molecule has 22 heavy (non-hydrogen) atoms. The smallest absolute Gasteiger partial charge is 0.138 e. The third kappa shape index (κ3) is 2.06. The number of ketones is 1. The second-order valence-corrected chi connectivity index (χ2v) is 9.47. The highest BCUT2D eigenvalue weighted by Crippen LogP contribution is 2.65. The van der Waals surface area contributed by atoms with Gasteiger partial charge in [0.15, 0.2) is 0 Å². The minimum Gasteiger partial charge on any atom is -0.390 e. The first-order valence-corrected chi connectivity index (χ1v) is 8.97. The van der Waals surface area contributed by atoms with E-state index in [1.54, 1.807) is 0 Å². The van der Waals surface area contributed by atoms with Gasteiger partial charge in [-0.3, -0.25) is 4.79 Å². The monoisotopic (exact) mass is 304 g/mol. The number of carbonyl (C=O) groups excluding carboxylic acids is 1. The van der Waals surface area contributed by atoms with Crippen molar-refractivity contribution >= 4 is 5.78 Å². The Morgan fingerprint density at radius 3 is 2.36 bits per heavy atom. The number of allylic oxidation sites excluding steroid dienone is 1. The molecule has 0 heterocycles. The Hall–Kier alpha value is -0.630. The van der Waals surface area contributed by atoms with Gasteiger partial charge in [-0.2, -0.15) is 0 Å². The van der Waals surface area contributed by atoms with Crippen LogP contribution in [0.2, 0.25) is 0 Å². The van der Waals surface area contributed by atoms with Crippen LogP contribution in [-0.4, -0.2) is 16.5 Å². The lowest BCUT2D eigenvalue weighted by Crippen LogP contribution is -2.62. The summed E-state index contributed by atoms with van der Waals surface area (Å²) in [6, 6.07) is 0. The molecular weight excluding hydrogens is 272 g/mol. The second kappa shape index (κ2) is 4.69. The largest absolute Gasteiger partial charge is 0.390 e. The average molecular weight is 304 g/mol. The predicted molar refractivity (Wildman–Crippen MR) is 89.4 cm³/mol. The van der Waals surface area contributed by atoms with Gasteiger partial charge in [-0.05, 0) is 61.2 Å². The summed E-state index contributed by atoms with van der Waals surface area (Å²) in [7, 11) is 0. The molecule has 3 aliphatic carbocycles. The van der Waals surface area contributed by atoms with E-state index in [2.05, 4.69) is 34.3 Å². The number of hydrogen-bond donors (Lipinski definition) is 1. The Morgan fingerprint density at radius 2 is 1.73 bits per heavy atom. The van der Waals surface area contributed by atoms with Crippen LogP contribution in [0.1, 0.15) is 72.6 Å². The molecule has 3 aliphatic rings. The van der Waals surface area contributed by atoms with Crippen molar-refractivity contribution in [2.75, 3.05) is 0 Å². The van der Waals surface area contributed by atoms with Gasteiger partial charge in [0.05, 0.1) is 5.60 Å². The van der Waals surface area contributed by atoms with E-state index < -0.39 is 5.60 Å². The first-order valence-electron chi connectivity index (χ1n) is 8.97. The molecule has 0 aromatic carbocycles. The van der Waals surface area contributed by atoms with Crippen LogP contribution in [-0.2, 0) is 4.79 Å². The van der Waals surface area contributed by atoms with Crippen molar-refractivity contribution in [2.45, 2.75) is 78.2 Å². The molecule has 0 saturated heterocycles. The summed E-state index contributed by atoms with van der Waals surface area (Å²) in [5, 5.41) is 11.5. The maximum Gasteiger partial charge on any atom is 0.138 e. The number of Topliss-reactive ketones (excluding diaryl/α,β-unsaturated/α-hetero) is 1. The molecule has 5 atom stereocenters. The van der Waals surface area contributed by atoms with E-state index in [0.29, 0.717) is 24.0 Å². The first kappa shape index (κ1) is 16.2. The summed E-state index contributed by atoms with van der Waals surface area (Å²) in [6.45, 7) is 12.9. The Morgan fingerprint density at radius 1 is 1.09 bits per heavy atom. The lowest BCUT2D eigenvalue weighted by Gasteiger charge is -2.64. The van der Waals surface area contributed by atoms with E-state index in [-0.39, 0.29) is 16.2 Å². The molecule has 0 spiro atoms. The van der Waals surface area contributed by atoms with Crippen molar-refractivity contribution < 1.29 is 9.90 Å². The summed E-state index contributed by atoms with van der Waals surface area (Å²) >= 11 is 0. The lowest BCUT2D eigenvalue weighted by molar-refractivity contribution is -0.202. The third-order valence-corrected chi connectivity index (χ3v) is 7.79. The summed E-state index contributed by atoms with van der Waals surface area (Å²) in [6.07, 6.45) is 8.53. The number of fused-ring (bicyclic) bond motifs is 3. The quantitative estimate of drug-likeness (QED) is 0.723. The topological polar surface area (TPSA) is 37.3 Å². The summed E-state index contributed by atoms with van der Waals surface area (Å²) in [5.74, 6) is 1.17. The minimum absolute atomic E-state index is 0.0639. The zero-order chi connectivity index (χ0) is 16.4. The van der Waals surface area contributed by atoms with Crippen molar-refractivity contribution in [2.24, 2.45) is 28.1 Å². The van der Waals surface area contributed by atoms with Gasteiger partial charge in [-0.25, -0.2) is 0 Å². The van der Waals surface area contributed by atoms with Crippen molar-refractivity contribution in [1.82, 2.24) is 0 Å². The predicted octanol–water partition coefficient (Wildman–Crippen LogP) is 4.52. The van der Waals surface area contributed by atoms with Crippen LogP contribution in [0.15, 0.2) is 12.7 Å². The molecule has 1 N–H and O–H groups in total. The molecule has 0 aromatic heterocycles. The maximum absolute atomic E-state index is 12.4. The molecule has 0 aliphatic heterocycles. The van der Waals surface area contributed by atoms with Crippen molar-refractivity contribution in [3.63, 3.8) is 0 Å². The van der Waals surface area contributed by atoms with Crippen LogP contribution < -0.4 is 0 Å². The van der Waals surface area contributed by atoms with E-state index in [1.807, 2.05) is 6.08 Å². The zero-order valence-corrected chi connectivity index (χ0v) is 14.7. The van der Waals surface area contributed by atoms with Crippen LogP contribution in [0.25, 0.3) is 0 Å². The van der Waals surface area contributed by atoms with Crippen LogP contribution in [0.4, 0.5) is 0 Å². The molecule has 3 rings (SSSR count). The van der Waals surface area contributed by atoms with Gasteiger partial charge < -0.3 is 5.11 Å². The van der Waals surface area contributed by atoms with E-state index >= 15 is 0 Å². The second-order valence-electron chi connectivity index (χ2n) is 9.47. The van der Waals surface area contributed by atoms with Gasteiger partial charge >= 0.3 is 0 Å². The number of rotatable bonds is 1. The highest BCUT2D eigenvalue weighted by Gasteiger charge is 2.63. The molecular formula is C20H32O2. The van der Waals surface area contributed by atoms with Crippen LogP contribution >= 0.6 is 0 Å². The molecule has 2 heteroatoms. The van der Waals surface area contributed by atoms with Crippen molar-refractivity contribution in [1.29, 1.82) is 0 Å². The van der Waals surface area contributed by atoms with Gasteiger partial charge in [0.25, 0.3) is 0 Å². The molecule has 0 amide bonds. The first-order chi connectivity index (χ1) is 10.1. The normalized spacial score (nSPS) is 50.9. The van der Waals surface area contributed by atoms with Gasteiger partial charge in [0.2, 0.25) is 0 Å². The maximum atomic E-state index is 12.4. The van der Waals surface area contributed by atoms with Crippen molar-refractivity contribution in [3.05, 3.63) is 12.7 Å². The summed E-state index contributed by atoms with van der Waals surface area (Å²) in [4.78, 5) is 12.4. The van der Waals surface area contributed by atoms with Gasteiger partial charge in [-0.1, -0.05) is 33.8 Å². The molecule has 124 valence electrons. The molecule has 0 unspecified atom stereocenters. The van der Waals surface area contributed by atoms with Gasteiger partial charge in [0.1, 0.15) is 5.78 Å². The third-order valence-electron chi connectivity index (χ3n) is 7.79. The zero-order valence-electron chi connectivity index (χ0n) is 14.7. The van der Waals surface area contributed by atoms with Crippen molar-refractivity contribution in [3.8, 4) is 0 Å². The fraction of sp³-hybridized carbons (Fsp3) is 0.850. The fourth-order valence-corrected chi connectivity index (χ4v) is 6.43. The van der Waals surface area contributed by atoms with Crippen LogP contribution in [0.3, 0.4) is 0 Å². The van der Waals surface area contributed by atoms with Gasteiger partial charge in [-0.15, -0.1) is 6.58 Å². The van der Waals surface area contributed by atoms with E-state index in [1.165, 1.54) is 0 Å². The highest BCUT2D eigenvalue weighted by molar-refractivity contribution is 5.85. The molecule has 3 saturated carbocycles. The number of carbonyl (C=O) groups is 1. The molecule has 0 aromatic rings. The highest BCUT2D eigenvalue weighted by atomic mass is 16.3. The molecule has 0 radical (unpaired) electrons. The molecule has 3 fully saturated rings. The Kier molecular flexibility index (Phi) is 3.46. The molecule has 0 bridgehead atoms. The van der Waals surface area contributed by atoms with E-state index in [0.717, 1.165) is 38.5 Å². The number of aliphatic hydroxyl groups is 1. The van der Waals surface area contributed by atoms with E-state index in [4.69, 9.17) is 0 Å². The van der Waals surface area contributed by atoms with Crippen LogP contribution in [0, 0.1) is 28.1 Å². The molecule has 2 nitrogen and oxygen atoms in total. The average Bonchev–Trinajstić information content (AvgIpc) is 2.42. The summed E-state index contributed by atoms with van der Waals surface area (Å²) in [5.41, 5.74) is -0.627. The Labute approximate surface area is 135 Å². The Bertz CT molecular complexity index is 508. The standard InChI is InChI=1S/C20H32O2/c1-6-18(4)10-7-15-19(5)11-9-16(21)17(2,3)14(19)8-12-20(15,22)13-18/h6,14-15,22H,1,7-13H2,2-5H3/t14-,15+,18-,19-,20+/m1/s1.